The van der Waals surface area contributed by atoms with Gasteiger partial charge >= 0.3 is 18.4 Å². The van der Waals surface area contributed by atoms with Crippen LogP contribution in [0.2, 0.25) is 0 Å². The minimum Gasteiger partial charge on any atom is -0.444 e. The molecule has 18 nitrogen and oxygen atoms in total. The lowest BCUT2D eigenvalue weighted by molar-refractivity contribution is -0.376. The zero-order valence-electron chi connectivity index (χ0n) is 62.3. The van der Waals surface area contributed by atoms with Gasteiger partial charge in [0.25, 0.3) is 34.7 Å². The Morgan fingerprint density at radius 2 is 0.887 bits per heavy atom. The summed E-state index contributed by atoms with van der Waals surface area (Å²) < 4.78 is 157. The summed E-state index contributed by atoms with van der Waals surface area (Å²) in [6.45, 7) is 18.0. The van der Waals surface area contributed by atoms with E-state index >= 15 is 0 Å². The Kier molecular flexibility index (Phi) is 40.7. The molecule has 4 fully saturated rings. The molecule has 6 aromatic carbocycles. The molecular formula is C82H107BrCl2F6N8O10S6. The summed E-state index contributed by atoms with van der Waals surface area (Å²) >= 11 is 6.52. The van der Waals surface area contributed by atoms with Crippen LogP contribution in [0.4, 0.5) is 36.8 Å². The van der Waals surface area contributed by atoms with Crippen LogP contribution in [-0.2, 0) is 70.7 Å². The second-order valence-electron chi connectivity index (χ2n) is 28.0. The maximum atomic E-state index is 13.1. The molecule has 3 aromatic heterocycles. The van der Waals surface area contributed by atoms with Gasteiger partial charge in [-0.15, -0.1) is 46.4 Å². The number of amides is 1. The molecular weight excluding hydrogens is 1710 g/mol. The largest absolute Gasteiger partial charge is 0.444 e. The van der Waals surface area contributed by atoms with Gasteiger partial charge in [0.1, 0.15) is 18.2 Å². The summed E-state index contributed by atoms with van der Waals surface area (Å²) in [6.07, 6.45) is -8.24. The number of thiophene rings is 3. The fourth-order valence-electron chi connectivity index (χ4n) is 12.3. The Bertz CT molecular complexity index is 4570. The van der Waals surface area contributed by atoms with Gasteiger partial charge in [-0.1, -0.05) is 202 Å². The van der Waals surface area contributed by atoms with E-state index in [0.29, 0.717) is 89.5 Å². The Balaban J connectivity index is 0.000000299. The Hall–Kier alpha value is -6.34. The number of benzene rings is 6. The maximum Gasteiger partial charge on any atom is 0.430 e. The van der Waals surface area contributed by atoms with Gasteiger partial charge < -0.3 is 46.0 Å². The highest BCUT2D eigenvalue weighted by atomic mass is 79.9. The molecule has 13 rings (SSSR count). The molecule has 0 unspecified atom stereocenters. The number of nitrogens with one attached hydrogen (secondary N) is 4. The van der Waals surface area contributed by atoms with Crippen LogP contribution in [0.15, 0.2) is 239 Å². The number of ether oxygens (including phenoxy) is 1. The minimum atomic E-state index is -5.85. The van der Waals surface area contributed by atoms with Gasteiger partial charge in [0.2, 0.25) is 0 Å². The number of piperazine rings is 4. The lowest BCUT2D eigenvalue weighted by Gasteiger charge is -2.42. The predicted molar refractivity (Wildman–Crippen MR) is 461 cm³/mol. The van der Waals surface area contributed by atoms with E-state index in [2.05, 4.69) is 109 Å². The third-order valence-corrected chi connectivity index (χ3v) is 27.9. The fourth-order valence-corrected chi connectivity index (χ4v) is 19.6. The van der Waals surface area contributed by atoms with Crippen molar-refractivity contribution in [2.24, 2.45) is 0 Å². The highest BCUT2D eigenvalue weighted by Crippen LogP contribution is 2.50. The Labute approximate surface area is 706 Å². The molecule has 33 heteroatoms. The second kappa shape index (κ2) is 46.3. The van der Waals surface area contributed by atoms with Crippen LogP contribution < -0.4 is 26.2 Å². The molecule has 115 heavy (non-hydrogen) atoms. The number of carbonyl (C=O) groups excluding carboxylic acids is 1. The average molecular weight is 1820 g/mol. The molecule has 0 aliphatic carbocycles. The van der Waals surface area contributed by atoms with Crippen molar-refractivity contribution >= 4 is 114 Å². The zero-order valence-corrected chi connectivity index (χ0v) is 70.4. The lowest BCUT2D eigenvalue weighted by Crippen LogP contribution is -2.55. The number of carbonyl (C=O) groups is 1. The van der Waals surface area contributed by atoms with Gasteiger partial charge in [-0.25, -0.2) is 30.0 Å². The van der Waals surface area contributed by atoms with Crippen LogP contribution in [-0.4, -0.2) is 176 Å². The van der Waals surface area contributed by atoms with Crippen molar-refractivity contribution in [3.05, 3.63) is 260 Å². The molecule has 1 amide bonds. The second-order valence-corrected chi connectivity index (χ2v) is 38.8. The molecule has 634 valence electrons. The predicted octanol–water partition coefficient (Wildman–Crippen LogP) is 17.0. The van der Waals surface area contributed by atoms with Crippen LogP contribution >= 0.6 is 73.0 Å². The number of nitrogens with zero attached hydrogens (tertiary/aromatic N) is 4. The van der Waals surface area contributed by atoms with E-state index in [4.69, 9.17) is 20.5 Å². The van der Waals surface area contributed by atoms with Crippen LogP contribution in [0.25, 0.3) is 0 Å². The molecule has 4 saturated heterocycles. The molecule has 9 aromatic rings. The number of aliphatic hydroxyl groups is 2. The summed E-state index contributed by atoms with van der Waals surface area (Å²) in [6, 6.07) is 63.5. The molecule has 0 spiro atoms. The molecule has 4 aliphatic rings. The number of hydrogen-bond donors (Lipinski definition) is 6. The van der Waals surface area contributed by atoms with E-state index < -0.39 is 63.8 Å². The first-order chi connectivity index (χ1) is 52.4. The van der Waals surface area contributed by atoms with Gasteiger partial charge in [0, 0.05) is 129 Å². The molecule has 7 heterocycles. The van der Waals surface area contributed by atoms with Gasteiger partial charge in [-0.3, -0.25) is 0 Å². The lowest BCUT2D eigenvalue weighted by atomic mass is 9.92. The van der Waals surface area contributed by atoms with Crippen molar-refractivity contribution in [1.82, 2.24) is 34.8 Å². The van der Waals surface area contributed by atoms with Crippen molar-refractivity contribution < 1.29 is 71.3 Å². The molecule has 6 N–H and O–H groups in total. The molecule has 0 saturated carbocycles. The van der Waals surface area contributed by atoms with E-state index in [0.717, 1.165) is 86.6 Å². The van der Waals surface area contributed by atoms with Gasteiger partial charge in [-0.05, 0) is 147 Å². The molecule has 4 aliphatic heterocycles. The van der Waals surface area contributed by atoms with Gasteiger partial charge in [0.15, 0.2) is 0 Å². The van der Waals surface area contributed by atoms with E-state index in [9.17, 15) is 61.5 Å². The normalized spacial score (nSPS) is 17.7. The van der Waals surface area contributed by atoms with Crippen LogP contribution in [0.5, 0.6) is 0 Å². The van der Waals surface area contributed by atoms with Crippen molar-refractivity contribution in [3.8, 4) is 0 Å². The van der Waals surface area contributed by atoms with Crippen molar-refractivity contribution in [2.45, 2.75) is 149 Å². The third-order valence-electron chi connectivity index (χ3n) is 17.9. The number of sulfonamides is 2. The topological polar surface area (TPSA) is 230 Å². The zero-order chi connectivity index (χ0) is 80.7. The Morgan fingerprint density at radius 1 is 0.487 bits per heavy atom. The minimum absolute atomic E-state index is 0. The van der Waals surface area contributed by atoms with Crippen molar-refractivity contribution in [2.75, 3.05) is 83.4 Å². The average Bonchev–Trinajstić information content (AvgIpc) is 1.33. The number of halogens is 9. The SMILES string of the molecule is C.C.C.CC(C)(C)OC(=O)N1CCN[C@@H](Cc2ccccc2)C1.CC(C)(O)c1ccc(N2CCN(S(=O)(=O)c3cccs3)C[C@@H]2Cc2ccccc2)cc1.Cl.O=S(=O)(Cl)c1cccs1.O=S(=O)(c1cccs1)N1CCN[C@@H](Cc2ccccc2)C1.OC(c1ccc(Br)cc1)(C(F)(F)F)C(F)(F)F.c1ccc(C[C@H]2CNCCN2)cc1. The van der Waals surface area contributed by atoms with Crippen molar-refractivity contribution in [1.29, 1.82) is 0 Å². The monoisotopic (exact) mass is 1820 g/mol. The summed E-state index contributed by atoms with van der Waals surface area (Å²) in [7, 11) is -5.30. The van der Waals surface area contributed by atoms with Gasteiger partial charge in [-0.2, -0.15) is 35.0 Å². The molecule has 0 bridgehead atoms. The first kappa shape index (κ1) is 101. The number of hydrogen-bond acceptors (Lipinski definition) is 18. The van der Waals surface area contributed by atoms with Crippen LogP contribution in [0.1, 0.15) is 90.3 Å². The van der Waals surface area contributed by atoms with E-state index in [1.165, 1.54) is 51.0 Å². The quantitative estimate of drug-likeness (QED) is 0.0390. The highest BCUT2D eigenvalue weighted by molar-refractivity contribution is 9.10. The molecule has 4 atom stereocenters. The number of anilines is 1. The third kappa shape index (κ3) is 31.1. The number of alkyl halides is 6. The highest BCUT2D eigenvalue weighted by Gasteiger charge is 2.71. The first-order valence-electron chi connectivity index (χ1n) is 35.7. The van der Waals surface area contributed by atoms with Crippen LogP contribution in [0, 0.1) is 0 Å². The van der Waals surface area contributed by atoms with Crippen molar-refractivity contribution in [3.63, 3.8) is 0 Å². The van der Waals surface area contributed by atoms with E-state index in [1.807, 2.05) is 99.6 Å². The standard InChI is InChI=1S/C24H28N2O3S2.C16H24N2O2.C15H18N2O2S2.C11H16N2.C9H5BrF6O.C4H3ClO2S2.3CH4.ClH/c1-24(2,27)20-10-12-21(13-11-20)26-15-14-25(31(28,29)23-9-6-16-30-23)18-22(26)17-19-7-4-3-5-8-19;1-16(2,3)20-15(19)18-10-9-17-14(12-18)11-13-7-5-4-6-8-13;18-21(19,15-7-4-10-20-15)17-9-8-16-14(12-17)11-13-5-2-1-3-6-13;1-2-4-10(5-3-1)8-11-9-12-6-7-13-11;10-6-3-1-5(2-4-6)7(17,8(11,12)13)9(14,15)16;5-9(6,7)4-2-1-3-8-4;;;;/h3-13,16,22,27H,14-15,17-18H2,1-2H3;4-8,14,17H,9-12H2,1-3H3;1-7,10,14,16H,8-9,11-12H2;1-5,11-13H,6-9H2;1-4,17H;1-3H;3*1H4;1H/t22-;2*14-;11-;;;;;;/m0000....../s1. The van der Waals surface area contributed by atoms with Gasteiger partial charge in [0.05, 0.1) is 5.60 Å². The molecule has 0 radical (unpaired) electrons. The summed E-state index contributed by atoms with van der Waals surface area (Å²) in [5.41, 5.74) is -0.448. The smallest absolute Gasteiger partial charge is 0.430 e. The summed E-state index contributed by atoms with van der Waals surface area (Å²) in [5, 5.41) is 38.3. The van der Waals surface area contributed by atoms with E-state index in [1.54, 1.807) is 73.8 Å². The Morgan fingerprint density at radius 3 is 1.28 bits per heavy atom. The van der Waals surface area contributed by atoms with E-state index in [-0.39, 0.29) is 57.1 Å². The van der Waals surface area contributed by atoms with Crippen LogP contribution in [0.3, 0.4) is 0 Å². The maximum absolute atomic E-state index is 13.1. The summed E-state index contributed by atoms with van der Waals surface area (Å²) in [4.78, 5) is 16.2. The first-order valence-corrected chi connectivity index (χ1v) is 44.3. The fraction of sp³-hybridized carbons (Fsp3) is 0.402. The summed E-state index contributed by atoms with van der Waals surface area (Å²) in [5.74, 6) is 0. The number of rotatable bonds is 16.